The Kier molecular flexibility index (Phi) is 4.64. The van der Waals surface area contributed by atoms with Gasteiger partial charge in [0.05, 0.1) is 12.2 Å². The van der Waals surface area contributed by atoms with Crippen molar-refractivity contribution in [3.05, 3.63) is 59.8 Å². The Balaban J connectivity index is 1.68. The standard InChI is InChI=1S/C18H18FNO4/c19-13-5-3-12(4-6-13)15-10-20(11-16(15)18(22)23)17(21)8-7-14-2-1-9-24-14/h1-6,9,15-16H,7-8,10-11H2,(H,22,23)/t15-,16+/m1/s1. The van der Waals surface area contributed by atoms with Gasteiger partial charge in [0, 0.05) is 31.8 Å². The minimum absolute atomic E-state index is 0.0951. The maximum Gasteiger partial charge on any atom is 0.308 e. The lowest BCUT2D eigenvalue weighted by molar-refractivity contribution is -0.141. The number of hydrogen-bond acceptors (Lipinski definition) is 3. The molecule has 3 rings (SSSR count). The first-order valence-electron chi connectivity index (χ1n) is 7.83. The van der Waals surface area contributed by atoms with Gasteiger partial charge in [-0.25, -0.2) is 4.39 Å². The van der Waals surface area contributed by atoms with Gasteiger partial charge in [-0.3, -0.25) is 9.59 Å². The first kappa shape index (κ1) is 16.2. The summed E-state index contributed by atoms with van der Waals surface area (Å²) in [5.41, 5.74) is 0.741. The minimum atomic E-state index is -0.939. The van der Waals surface area contributed by atoms with Gasteiger partial charge < -0.3 is 14.4 Å². The summed E-state index contributed by atoms with van der Waals surface area (Å²) in [6.45, 7) is 0.508. The molecule has 0 saturated carbocycles. The van der Waals surface area contributed by atoms with Gasteiger partial charge >= 0.3 is 5.97 Å². The van der Waals surface area contributed by atoms with E-state index in [-0.39, 0.29) is 30.6 Å². The molecule has 1 aliphatic heterocycles. The van der Waals surface area contributed by atoms with Gasteiger partial charge in [0.2, 0.25) is 5.91 Å². The Hall–Kier alpha value is -2.63. The van der Waals surface area contributed by atoms with Crippen LogP contribution in [-0.2, 0) is 16.0 Å². The zero-order valence-corrected chi connectivity index (χ0v) is 13.0. The van der Waals surface area contributed by atoms with Crippen LogP contribution >= 0.6 is 0 Å². The summed E-state index contributed by atoms with van der Waals surface area (Å²) >= 11 is 0. The van der Waals surface area contributed by atoms with Crippen LogP contribution in [0.5, 0.6) is 0 Å². The summed E-state index contributed by atoms with van der Waals surface area (Å²) in [6.07, 6.45) is 2.32. The quantitative estimate of drug-likeness (QED) is 0.914. The molecule has 2 aromatic rings. The fourth-order valence-corrected chi connectivity index (χ4v) is 3.15. The van der Waals surface area contributed by atoms with Crippen molar-refractivity contribution in [1.29, 1.82) is 0 Å². The maximum atomic E-state index is 13.1. The number of halogens is 1. The van der Waals surface area contributed by atoms with E-state index >= 15 is 0 Å². The van der Waals surface area contributed by atoms with Crippen molar-refractivity contribution in [2.24, 2.45) is 5.92 Å². The molecule has 24 heavy (non-hydrogen) atoms. The van der Waals surface area contributed by atoms with E-state index in [4.69, 9.17) is 4.42 Å². The molecular weight excluding hydrogens is 313 g/mol. The molecule has 0 unspecified atom stereocenters. The number of carboxylic acids is 1. The number of rotatable bonds is 5. The van der Waals surface area contributed by atoms with Crippen LogP contribution in [-0.4, -0.2) is 35.0 Å². The van der Waals surface area contributed by atoms with Crippen molar-refractivity contribution in [1.82, 2.24) is 4.90 Å². The predicted molar refractivity (Wildman–Crippen MR) is 83.9 cm³/mol. The van der Waals surface area contributed by atoms with Crippen molar-refractivity contribution >= 4 is 11.9 Å². The highest BCUT2D eigenvalue weighted by molar-refractivity contribution is 5.79. The van der Waals surface area contributed by atoms with Crippen LogP contribution in [0.25, 0.3) is 0 Å². The van der Waals surface area contributed by atoms with E-state index in [9.17, 15) is 19.1 Å². The molecule has 1 aliphatic rings. The molecule has 1 fully saturated rings. The van der Waals surface area contributed by atoms with Crippen molar-refractivity contribution in [3.63, 3.8) is 0 Å². The van der Waals surface area contributed by atoms with Gasteiger partial charge in [-0.05, 0) is 29.8 Å². The molecule has 5 nitrogen and oxygen atoms in total. The van der Waals surface area contributed by atoms with E-state index in [0.717, 1.165) is 11.3 Å². The number of carbonyl (C=O) groups excluding carboxylic acids is 1. The topological polar surface area (TPSA) is 70.8 Å². The average Bonchev–Trinajstić information content (AvgIpc) is 3.23. The third kappa shape index (κ3) is 3.48. The Labute approximate surface area is 138 Å². The first-order chi connectivity index (χ1) is 11.5. The number of furan rings is 1. The van der Waals surface area contributed by atoms with Crippen LogP contribution in [0, 0.1) is 11.7 Å². The second-order valence-corrected chi connectivity index (χ2v) is 5.98. The Morgan fingerprint density at radius 3 is 2.58 bits per heavy atom. The number of hydrogen-bond donors (Lipinski definition) is 1. The molecule has 0 aliphatic carbocycles. The molecule has 1 aromatic heterocycles. The molecule has 1 saturated heterocycles. The summed E-state index contributed by atoms with van der Waals surface area (Å²) in [6, 6.07) is 9.38. The zero-order chi connectivity index (χ0) is 17.1. The van der Waals surface area contributed by atoms with Gasteiger partial charge in [0.25, 0.3) is 0 Å². The summed E-state index contributed by atoms with van der Waals surface area (Å²) in [5.74, 6) is -1.67. The van der Waals surface area contributed by atoms with Crippen molar-refractivity contribution in [2.45, 2.75) is 18.8 Å². The van der Waals surface area contributed by atoms with Crippen LogP contribution in [0.4, 0.5) is 4.39 Å². The second-order valence-electron chi connectivity index (χ2n) is 5.98. The number of aliphatic carboxylic acids is 1. The minimum Gasteiger partial charge on any atom is -0.481 e. The molecule has 126 valence electrons. The molecule has 1 amide bonds. The maximum absolute atomic E-state index is 13.1. The fraction of sp³-hybridized carbons (Fsp3) is 0.333. The van der Waals surface area contributed by atoms with Crippen LogP contribution in [0.3, 0.4) is 0 Å². The van der Waals surface area contributed by atoms with Crippen LogP contribution in [0.15, 0.2) is 47.1 Å². The monoisotopic (exact) mass is 331 g/mol. The highest BCUT2D eigenvalue weighted by Gasteiger charge is 2.40. The van der Waals surface area contributed by atoms with Crippen molar-refractivity contribution < 1.29 is 23.5 Å². The van der Waals surface area contributed by atoms with Gasteiger partial charge in [-0.1, -0.05) is 12.1 Å². The highest BCUT2D eigenvalue weighted by Crippen LogP contribution is 2.33. The predicted octanol–water partition coefficient (Wildman–Crippen LogP) is 2.68. The number of carbonyl (C=O) groups is 2. The molecule has 1 N–H and O–H groups in total. The van der Waals surface area contributed by atoms with E-state index in [1.165, 1.54) is 12.1 Å². The SMILES string of the molecule is O=C(O)[C@H]1CN(C(=O)CCc2ccco2)C[C@@H]1c1ccc(F)cc1. The smallest absolute Gasteiger partial charge is 0.308 e. The number of benzene rings is 1. The Morgan fingerprint density at radius 1 is 1.21 bits per heavy atom. The zero-order valence-electron chi connectivity index (χ0n) is 13.0. The second kappa shape index (κ2) is 6.86. The third-order valence-electron chi connectivity index (χ3n) is 4.45. The molecule has 2 atom stereocenters. The third-order valence-corrected chi connectivity index (χ3v) is 4.45. The largest absolute Gasteiger partial charge is 0.481 e. The molecule has 0 spiro atoms. The Morgan fingerprint density at radius 2 is 1.96 bits per heavy atom. The van der Waals surface area contributed by atoms with E-state index in [1.807, 2.05) is 0 Å². The summed E-state index contributed by atoms with van der Waals surface area (Å²) in [7, 11) is 0. The molecule has 0 bridgehead atoms. The summed E-state index contributed by atoms with van der Waals surface area (Å²) in [5, 5.41) is 9.45. The van der Waals surface area contributed by atoms with Gasteiger partial charge in [-0.2, -0.15) is 0 Å². The van der Waals surface area contributed by atoms with Crippen LogP contribution in [0.2, 0.25) is 0 Å². The lowest BCUT2D eigenvalue weighted by Crippen LogP contribution is -2.30. The van der Waals surface area contributed by atoms with Crippen LogP contribution in [0.1, 0.15) is 23.7 Å². The number of amides is 1. The van der Waals surface area contributed by atoms with Gasteiger partial charge in [0.15, 0.2) is 0 Å². The van der Waals surface area contributed by atoms with E-state index < -0.39 is 11.9 Å². The lowest BCUT2D eigenvalue weighted by Gasteiger charge is -2.16. The number of carboxylic acid groups (broad SMARTS) is 1. The molecule has 2 heterocycles. The molecule has 1 aromatic carbocycles. The van der Waals surface area contributed by atoms with Gasteiger partial charge in [0.1, 0.15) is 11.6 Å². The number of likely N-dealkylation sites (tertiary alicyclic amines) is 1. The number of aryl methyl sites for hydroxylation is 1. The fourth-order valence-electron chi connectivity index (χ4n) is 3.15. The normalized spacial score (nSPS) is 20.3. The van der Waals surface area contributed by atoms with E-state index in [0.29, 0.717) is 13.0 Å². The highest BCUT2D eigenvalue weighted by atomic mass is 19.1. The molecule has 0 radical (unpaired) electrons. The summed E-state index contributed by atoms with van der Waals surface area (Å²) in [4.78, 5) is 25.5. The number of nitrogens with zero attached hydrogens (tertiary/aromatic N) is 1. The lowest BCUT2D eigenvalue weighted by atomic mass is 9.89. The first-order valence-corrected chi connectivity index (χ1v) is 7.83. The Bertz CT molecular complexity index is 711. The van der Waals surface area contributed by atoms with E-state index in [2.05, 4.69) is 0 Å². The molecule has 6 heteroatoms. The van der Waals surface area contributed by atoms with Gasteiger partial charge in [-0.15, -0.1) is 0 Å². The van der Waals surface area contributed by atoms with Crippen molar-refractivity contribution in [3.8, 4) is 0 Å². The summed E-state index contributed by atoms with van der Waals surface area (Å²) < 4.78 is 18.3. The van der Waals surface area contributed by atoms with E-state index in [1.54, 1.807) is 35.4 Å². The average molecular weight is 331 g/mol. The van der Waals surface area contributed by atoms with Crippen LogP contribution < -0.4 is 0 Å². The van der Waals surface area contributed by atoms with Crippen molar-refractivity contribution in [2.75, 3.05) is 13.1 Å². The molecular formula is C18H18FNO4.